The molecule has 88 valence electrons. The van der Waals surface area contributed by atoms with Crippen molar-refractivity contribution in [3.05, 3.63) is 52.7 Å². The fourth-order valence-corrected chi connectivity index (χ4v) is 3.44. The number of hydrogen-bond acceptors (Lipinski definition) is 0. The first-order valence-electron chi connectivity index (χ1n) is 4.59. The molecule has 0 amide bonds. The zero-order valence-corrected chi connectivity index (χ0v) is 16.2. The van der Waals surface area contributed by atoms with Crippen LogP contribution in [0.4, 0.5) is 0 Å². The topological polar surface area (TPSA) is 0 Å². The molecule has 0 fully saturated rings. The molecule has 5 heteroatoms. The Hall–Kier alpha value is 0.840. The molecule has 0 bridgehead atoms. The molecule has 17 heavy (non-hydrogen) atoms. The maximum absolute atomic E-state index is 3.53. The number of rotatable bonds is 1. The number of hydrogen-bond donors (Lipinski definition) is 0. The maximum Gasteiger partial charge on any atom is 0.0459 e. The lowest BCUT2D eigenvalue weighted by molar-refractivity contribution is 1.50. The molecular weight excluding hydrogens is 544 g/mol. The van der Waals surface area contributed by atoms with E-state index in [0.29, 0.717) is 0 Å². The molecule has 0 saturated heterocycles. The maximum atomic E-state index is 3.53. The molecule has 0 aliphatic heterocycles. The second-order valence-electron chi connectivity index (χ2n) is 3.38. The fourth-order valence-electron chi connectivity index (χ4n) is 1.40. The van der Waals surface area contributed by atoms with Crippen molar-refractivity contribution in [3.63, 3.8) is 0 Å². The van der Waals surface area contributed by atoms with E-state index < -0.39 is 0 Å². The highest BCUT2D eigenvalue weighted by Gasteiger charge is 2.07. The lowest BCUT2D eigenvalue weighted by atomic mass is 10.1. The third-order valence-corrected chi connectivity index (χ3v) is 7.29. The Morgan fingerprint density at radius 3 is 1.59 bits per heavy atom. The lowest BCUT2D eigenvalue weighted by Gasteiger charge is -2.07. The summed E-state index contributed by atoms with van der Waals surface area (Å²) >= 11 is 17.5. The van der Waals surface area contributed by atoms with E-state index in [1.807, 2.05) is 6.07 Å². The summed E-state index contributed by atoms with van der Waals surface area (Å²) in [5.74, 6) is 0. The molecule has 0 unspecified atom stereocenters. The van der Waals surface area contributed by atoms with Gasteiger partial charge in [0.2, 0.25) is 0 Å². The summed E-state index contributed by atoms with van der Waals surface area (Å²) in [5, 5.41) is 0. The zero-order chi connectivity index (χ0) is 12.6. The molecule has 2 rings (SSSR count). The van der Waals surface area contributed by atoms with E-state index in [4.69, 9.17) is 0 Å². The SMILES string of the molecule is Brc1ccc(-c2cc(Br)c(Br)c(Br)c2)cc1Br. The van der Waals surface area contributed by atoms with Gasteiger partial charge in [0, 0.05) is 22.4 Å². The third kappa shape index (κ3) is 3.24. The summed E-state index contributed by atoms with van der Waals surface area (Å²) in [7, 11) is 0. The summed E-state index contributed by atoms with van der Waals surface area (Å²) in [6.45, 7) is 0. The molecule has 0 nitrogen and oxygen atoms in total. The number of benzene rings is 2. The van der Waals surface area contributed by atoms with Crippen molar-refractivity contribution in [2.24, 2.45) is 0 Å². The van der Waals surface area contributed by atoms with Crippen molar-refractivity contribution in [3.8, 4) is 11.1 Å². The molecule has 0 heterocycles. The van der Waals surface area contributed by atoms with E-state index in [9.17, 15) is 0 Å². The minimum Gasteiger partial charge on any atom is -0.0532 e. The molecule has 0 atom stereocenters. The predicted molar refractivity (Wildman–Crippen MR) is 90.4 cm³/mol. The van der Waals surface area contributed by atoms with Crippen molar-refractivity contribution in [2.45, 2.75) is 0 Å². The average molecular weight is 549 g/mol. The van der Waals surface area contributed by atoms with Crippen LogP contribution in [0.15, 0.2) is 52.7 Å². The lowest BCUT2D eigenvalue weighted by Crippen LogP contribution is -1.82. The van der Waals surface area contributed by atoms with Crippen LogP contribution in [0.1, 0.15) is 0 Å². The Bertz CT molecular complexity index is 554. The quantitative estimate of drug-likeness (QED) is 0.332. The molecule has 2 aromatic rings. The van der Waals surface area contributed by atoms with E-state index in [1.165, 1.54) is 0 Å². The van der Waals surface area contributed by atoms with E-state index in [1.54, 1.807) is 0 Å². The van der Waals surface area contributed by atoms with E-state index in [-0.39, 0.29) is 0 Å². The molecule has 0 spiro atoms. The number of halogens is 5. The van der Waals surface area contributed by atoms with Crippen molar-refractivity contribution >= 4 is 79.6 Å². The summed E-state index contributed by atoms with van der Waals surface area (Å²) in [6.07, 6.45) is 0. The van der Waals surface area contributed by atoms with Gasteiger partial charge in [-0.3, -0.25) is 0 Å². The van der Waals surface area contributed by atoms with Gasteiger partial charge in [0.05, 0.1) is 0 Å². The van der Waals surface area contributed by atoms with Gasteiger partial charge in [0.25, 0.3) is 0 Å². The normalized spacial score (nSPS) is 10.6. The monoisotopic (exact) mass is 544 g/mol. The second-order valence-corrected chi connectivity index (χ2v) is 7.59. The van der Waals surface area contributed by atoms with Gasteiger partial charge in [-0.05, 0) is 115 Å². The van der Waals surface area contributed by atoms with Crippen LogP contribution in [0.3, 0.4) is 0 Å². The Morgan fingerprint density at radius 1 is 0.529 bits per heavy atom. The van der Waals surface area contributed by atoms with Crippen LogP contribution in [0, 0.1) is 0 Å². The molecule has 0 aliphatic carbocycles. The molecule has 0 radical (unpaired) electrons. The summed E-state index contributed by atoms with van der Waals surface area (Å²) < 4.78 is 5.18. The minimum atomic E-state index is 1.03. The predicted octanol–water partition coefficient (Wildman–Crippen LogP) is 7.17. The summed E-state index contributed by atoms with van der Waals surface area (Å²) in [5.41, 5.74) is 2.31. The smallest absolute Gasteiger partial charge is 0.0459 e. The van der Waals surface area contributed by atoms with Gasteiger partial charge >= 0.3 is 0 Å². The van der Waals surface area contributed by atoms with Crippen LogP contribution in [0.2, 0.25) is 0 Å². The van der Waals surface area contributed by atoms with E-state index in [2.05, 4.69) is 104 Å². The Balaban J connectivity index is 2.57. The van der Waals surface area contributed by atoms with E-state index in [0.717, 1.165) is 33.5 Å². The fraction of sp³-hybridized carbons (Fsp3) is 0. The Morgan fingerprint density at radius 2 is 1.06 bits per heavy atom. The first-order valence-corrected chi connectivity index (χ1v) is 8.55. The van der Waals surface area contributed by atoms with E-state index >= 15 is 0 Å². The Labute approximate surface area is 142 Å². The van der Waals surface area contributed by atoms with Crippen molar-refractivity contribution < 1.29 is 0 Å². The van der Waals surface area contributed by atoms with Crippen LogP contribution in [-0.2, 0) is 0 Å². The van der Waals surface area contributed by atoms with Gasteiger partial charge in [-0.2, -0.15) is 0 Å². The van der Waals surface area contributed by atoms with Gasteiger partial charge in [0.15, 0.2) is 0 Å². The average Bonchev–Trinajstić information content (AvgIpc) is 2.29. The molecule has 0 aromatic heterocycles. The second kappa shape index (κ2) is 5.87. The highest BCUT2D eigenvalue weighted by molar-refractivity contribution is 9.14. The molecule has 2 aromatic carbocycles. The molecular formula is C12H5Br5. The van der Waals surface area contributed by atoms with Crippen LogP contribution in [0.25, 0.3) is 11.1 Å². The van der Waals surface area contributed by atoms with Crippen LogP contribution >= 0.6 is 79.6 Å². The first-order chi connectivity index (χ1) is 7.99. The summed E-state index contributed by atoms with van der Waals surface area (Å²) in [6, 6.07) is 10.4. The van der Waals surface area contributed by atoms with Crippen LogP contribution in [0.5, 0.6) is 0 Å². The van der Waals surface area contributed by atoms with Crippen LogP contribution < -0.4 is 0 Å². The highest BCUT2D eigenvalue weighted by Crippen LogP contribution is 2.37. The highest BCUT2D eigenvalue weighted by atomic mass is 79.9. The molecule has 0 N–H and O–H groups in total. The first kappa shape index (κ1) is 14.3. The van der Waals surface area contributed by atoms with Crippen molar-refractivity contribution in [1.29, 1.82) is 0 Å². The Kier molecular flexibility index (Phi) is 4.92. The zero-order valence-electron chi connectivity index (χ0n) is 8.28. The third-order valence-electron chi connectivity index (χ3n) is 2.24. The van der Waals surface area contributed by atoms with Crippen LogP contribution in [-0.4, -0.2) is 0 Å². The van der Waals surface area contributed by atoms with Crippen molar-refractivity contribution in [2.75, 3.05) is 0 Å². The standard InChI is InChI=1S/C12H5Br5/c13-8-2-1-6(3-9(8)14)7-4-10(15)12(17)11(16)5-7/h1-5H. The van der Waals surface area contributed by atoms with Gasteiger partial charge in [0.1, 0.15) is 0 Å². The summed E-state index contributed by atoms with van der Waals surface area (Å²) in [4.78, 5) is 0. The largest absolute Gasteiger partial charge is 0.0532 e. The van der Waals surface area contributed by atoms with Gasteiger partial charge in [-0.25, -0.2) is 0 Å². The van der Waals surface area contributed by atoms with Gasteiger partial charge < -0.3 is 0 Å². The molecule has 0 aliphatic rings. The minimum absolute atomic E-state index is 1.03. The molecule has 0 saturated carbocycles. The van der Waals surface area contributed by atoms with Gasteiger partial charge in [-0.1, -0.05) is 6.07 Å². The van der Waals surface area contributed by atoms with Gasteiger partial charge in [-0.15, -0.1) is 0 Å². The van der Waals surface area contributed by atoms with Crippen molar-refractivity contribution in [1.82, 2.24) is 0 Å².